The van der Waals surface area contributed by atoms with Crippen molar-refractivity contribution in [3.05, 3.63) is 35.9 Å². The molecule has 1 aromatic carbocycles. The van der Waals surface area contributed by atoms with Crippen molar-refractivity contribution in [2.45, 2.75) is 205 Å². The number of carbonyl (C=O) groups is 11. The van der Waals surface area contributed by atoms with Gasteiger partial charge in [0, 0.05) is 25.9 Å². The minimum Gasteiger partial charge on any atom is -0.391 e. The van der Waals surface area contributed by atoms with Crippen LogP contribution in [-0.4, -0.2) is 205 Å². The maximum absolute atomic E-state index is 14.6. The van der Waals surface area contributed by atoms with E-state index in [4.69, 9.17) is 22.9 Å². The van der Waals surface area contributed by atoms with E-state index in [1.807, 2.05) is 18.7 Å². The molecule has 0 aromatic heterocycles. The van der Waals surface area contributed by atoms with E-state index >= 15 is 0 Å². The number of nitrogens with two attached hydrogens (primary N) is 4. The Morgan fingerprint density at radius 1 is 0.568 bits per heavy atom. The van der Waals surface area contributed by atoms with Crippen LogP contribution in [0.2, 0.25) is 0 Å². The van der Waals surface area contributed by atoms with Gasteiger partial charge in [-0.2, -0.15) is 0 Å². The largest absolute Gasteiger partial charge is 0.391 e. The third-order valence-electron chi connectivity index (χ3n) is 14.8. The second-order valence-corrected chi connectivity index (χ2v) is 23.2. The summed E-state index contributed by atoms with van der Waals surface area (Å²) in [5.74, 6) is -9.30. The Morgan fingerprint density at radius 2 is 1.08 bits per heavy atom. The monoisotopic (exact) mass is 1240 g/mol. The summed E-state index contributed by atoms with van der Waals surface area (Å²) in [5, 5.41) is 50.3. The maximum atomic E-state index is 14.6. The molecular weight excluding hydrogens is 1140 g/mol. The predicted molar refractivity (Wildman–Crippen MR) is 330 cm³/mol. The number of rotatable bonds is 31. The Kier molecular flexibility index (Phi) is 36.3. The Hall–Kier alpha value is -6.89. The smallest absolute Gasteiger partial charge is 0.245 e. The summed E-state index contributed by atoms with van der Waals surface area (Å²) in [7, 11) is 0. The minimum atomic E-state index is -1.69. The second kappa shape index (κ2) is 41.4. The molecule has 29 heteroatoms. The summed E-state index contributed by atoms with van der Waals surface area (Å²) in [6, 6.07) is -6.09. The lowest BCUT2D eigenvalue weighted by atomic mass is 10.00. The molecule has 12 atom stereocenters. The highest BCUT2D eigenvalue weighted by Crippen LogP contribution is 2.13. The predicted octanol–water partition coefficient (Wildman–Crippen LogP) is -4.25. The second-order valence-electron chi connectivity index (χ2n) is 23.2. The fourth-order valence-electron chi connectivity index (χ4n) is 9.66. The molecule has 498 valence electrons. The average Bonchev–Trinajstić information content (AvgIpc) is 3.22. The van der Waals surface area contributed by atoms with Crippen molar-refractivity contribution in [1.82, 2.24) is 63.4 Å². The van der Waals surface area contributed by atoms with Crippen molar-refractivity contribution < 1.29 is 63.0 Å². The highest BCUT2D eigenvalue weighted by molar-refractivity contribution is 5.99. The van der Waals surface area contributed by atoms with Crippen LogP contribution in [0.15, 0.2) is 30.3 Å². The summed E-state index contributed by atoms with van der Waals surface area (Å²) in [4.78, 5) is 157. The molecule has 0 saturated carbocycles. The first-order chi connectivity index (χ1) is 41.7. The molecule has 1 aliphatic rings. The molecule has 0 spiro atoms. The van der Waals surface area contributed by atoms with Gasteiger partial charge in [0.1, 0.15) is 60.4 Å². The van der Waals surface area contributed by atoms with Crippen LogP contribution in [0.25, 0.3) is 0 Å². The molecule has 0 aliphatic carbocycles. The molecule has 1 aromatic rings. The highest BCUT2D eigenvalue weighted by Gasteiger charge is 2.38. The molecule has 0 unspecified atom stereocenters. The molecule has 1 fully saturated rings. The normalized spacial score (nSPS) is 22.3. The summed E-state index contributed by atoms with van der Waals surface area (Å²) >= 11 is 0. The molecule has 2 rings (SSSR count). The molecule has 1 heterocycles. The number of hydrogen-bond donors (Lipinski definition) is 17. The SMILES string of the molecule is CCN(CC)CC[C@H](NC(=O)CCCCC(C)C)C(=O)N[C@H](C(=O)N[C@@H](CCN)C(=O)N[C@H]1CCNC(=O)[C@H]([C@@H](C)O)NC(=O)[C@@H](CCN)NC(=O)[C@H](CCN)NC(=O)[C@H](CC(C)C)NC(=O)[C@@H](Cc2ccccc2)NC(=O)[C@H](CCN)NC1=O)[C@@H](C)O. The fourth-order valence-corrected chi connectivity index (χ4v) is 9.66. The number of amides is 11. The first-order valence-electron chi connectivity index (χ1n) is 31.0. The van der Waals surface area contributed by atoms with Gasteiger partial charge in [0.25, 0.3) is 0 Å². The van der Waals surface area contributed by atoms with E-state index in [0.29, 0.717) is 37.5 Å². The van der Waals surface area contributed by atoms with Crippen LogP contribution in [0.1, 0.15) is 132 Å². The van der Waals surface area contributed by atoms with E-state index in [0.717, 1.165) is 12.8 Å². The molecule has 1 aliphatic heterocycles. The number of benzene rings is 1. The number of unbranched alkanes of at least 4 members (excludes halogenated alkanes) is 1. The van der Waals surface area contributed by atoms with Crippen molar-refractivity contribution in [3.63, 3.8) is 0 Å². The Balaban J connectivity index is 2.71. The van der Waals surface area contributed by atoms with E-state index in [1.165, 1.54) is 13.8 Å². The van der Waals surface area contributed by atoms with Gasteiger partial charge in [-0.05, 0) is 122 Å². The highest BCUT2D eigenvalue weighted by atomic mass is 16.3. The van der Waals surface area contributed by atoms with E-state index < -0.39 is 145 Å². The van der Waals surface area contributed by atoms with Gasteiger partial charge in [0.05, 0.1) is 12.2 Å². The quantitative estimate of drug-likeness (QED) is 0.0313. The first kappa shape index (κ1) is 77.2. The Bertz CT molecular complexity index is 2380. The van der Waals surface area contributed by atoms with E-state index in [2.05, 4.69) is 72.3 Å². The summed E-state index contributed by atoms with van der Waals surface area (Å²) in [6.45, 7) is 14.7. The minimum absolute atomic E-state index is 0.0473. The van der Waals surface area contributed by atoms with E-state index in [9.17, 15) is 63.0 Å². The molecule has 21 N–H and O–H groups in total. The summed E-state index contributed by atoms with van der Waals surface area (Å²) < 4.78 is 0. The molecular formula is C59H104N16O13. The van der Waals surface area contributed by atoms with Crippen LogP contribution in [-0.2, 0) is 59.2 Å². The van der Waals surface area contributed by atoms with Gasteiger partial charge >= 0.3 is 0 Å². The van der Waals surface area contributed by atoms with Crippen molar-refractivity contribution in [2.24, 2.45) is 34.8 Å². The Labute approximate surface area is 517 Å². The zero-order valence-electron chi connectivity index (χ0n) is 52.8. The van der Waals surface area contributed by atoms with Crippen LogP contribution in [0, 0.1) is 11.8 Å². The van der Waals surface area contributed by atoms with Gasteiger partial charge < -0.3 is 96.5 Å². The zero-order chi connectivity index (χ0) is 66.0. The van der Waals surface area contributed by atoms with Crippen LogP contribution < -0.4 is 81.4 Å². The summed E-state index contributed by atoms with van der Waals surface area (Å²) in [6.07, 6.45) is -1.79. The number of nitrogens with zero attached hydrogens (tertiary/aromatic N) is 1. The Morgan fingerprint density at radius 3 is 1.59 bits per heavy atom. The lowest BCUT2D eigenvalue weighted by Gasteiger charge is -2.29. The topological polar surface area (TPSA) is 468 Å². The van der Waals surface area contributed by atoms with Crippen LogP contribution in [0.3, 0.4) is 0 Å². The molecule has 1 saturated heterocycles. The average molecular weight is 1250 g/mol. The molecule has 0 bridgehead atoms. The number of carbonyl (C=O) groups excluding carboxylic acids is 11. The molecule has 29 nitrogen and oxygen atoms in total. The standard InChI is InChI=1S/C59H104N16O13/c1-9-75(10-2)31-25-44(65-47(78)19-15-14-16-34(3)4)55(84)74-49(37(8)77)59(88)70-41(22-28-62)51(80)69-43-24-30-64-58(87)48(36(7)76)73-54(83)42(23-29-63)67-50(79)39(20-26-60)68-56(85)45(32-35(5)6)71-57(86)46(33-38-17-12-11-13-18-38)72-52(81)40(21-27-61)66-53(43)82/h11-13,17-18,34-37,39-46,48-49,76-77H,9-10,14-16,19-33,60-63H2,1-8H3,(H,64,87)(H,65,78)(H,66,82)(H,67,79)(H,68,85)(H,69,80)(H,70,88)(H,71,86)(H,72,81)(H,73,83)(H,74,84)/t36-,37-,39+,40+,41+,42-,43+,44+,45+,46-,48+,49+/m1/s1. The third-order valence-corrected chi connectivity index (χ3v) is 14.8. The van der Waals surface area contributed by atoms with Gasteiger partial charge in [-0.3, -0.25) is 52.7 Å². The lowest BCUT2D eigenvalue weighted by molar-refractivity contribution is -0.137. The first-order valence-corrected chi connectivity index (χ1v) is 31.0. The number of hydrogen-bond acceptors (Lipinski definition) is 18. The molecule has 11 amide bonds. The van der Waals surface area contributed by atoms with Gasteiger partial charge in [0.2, 0.25) is 65.0 Å². The summed E-state index contributed by atoms with van der Waals surface area (Å²) in [5.41, 5.74) is 24.3. The number of aliphatic hydroxyl groups excluding tert-OH is 2. The van der Waals surface area contributed by atoms with Crippen molar-refractivity contribution in [1.29, 1.82) is 0 Å². The van der Waals surface area contributed by atoms with E-state index in [1.54, 1.807) is 44.2 Å². The fraction of sp³-hybridized carbons (Fsp3) is 0.712. The zero-order valence-corrected chi connectivity index (χ0v) is 52.8. The van der Waals surface area contributed by atoms with E-state index in [-0.39, 0.29) is 89.4 Å². The van der Waals surface area contributed by atoms with Gasteiger partial charge in [-0.15, -0.1) is 0 Å². The lowest BCUT2D eigenvalue weighted by Crippen LogP contribution is -2.62. The van der Waals surface area contributed by atoms with Gasteiger partial charge in [-0.1, -0.05) is 84.7 Å². The third kappa shape index (κ3) is 28.1. The van der Waals surface area contributed by atoms with Gasteiger partial charge in [0.15, 0.2) is 0 Å². The number of nitrogens with one attached hydrogen (secondary N) is 11. The number of aliphatic hydroxyl groups is 2. The van der Waals surface area contributed by atoms with Crippen molar-refractivity contribution in [2.75, 3.05) is 52.4 Å². The van der Waals surface area contributed by atoms with Crippen molar-refractivity contribution >= 4 is 65.0 Å². The molecule has 0 radical (unpaired) electrons. The van der Waals surface area contributed by atoms with Crippen molar-refractivity contribution in [3.8, 4) is 0 Å². The maximum Gasteiger partial charge on any atom is 0.245 e. The van der Waals surface area contributed by atoms with Gasteiger partial charge in [-0.25, -0.2) is 0 Å². The molecule has 88 heavy (non-hydrogen) atoms. The van der Waals surface area contributed by atoms with Crippen LogP contribution in [0.4, 0.5) is 0 Å². The van der Waals surface area contributed by atoms with Crippen LogP contribution in [0.5, 0.6) is 0 Å². The van der Waals surface area contributed by atoms with Crippen LogP contribution >= 0.6 is 0 Å².